The summed E-state index contributed by atoms with van der Waals surface area (Å²) in [5.41, 5.74) is 1.51. The monoisotopic (exact) mass is 628 g/mol. The van der Waals surface area contributed by atoms with Gasteiger partial charge in [-0.15, -0.1) is 0 Å². The van der Waals surface area contributed by atoms with E-state index in [0.717, 1.165) is 67.1 Å². The Morgan fingerprint density at radius 3 is 1.30 bits per heavy atom. The van der Waals surface area contributed by atoms with Crippen LogP contribution in [0.4, 0.5) is 0 Å². The van der Waals surface area contributed by atoms with E-state index in [4.69, 9.17) is 18.9 Å². The third-order valence-corrected chi connectivity index (χ3v) is 8.99. The van der Waals surface area contributed by atoms with E-state index in [1.807, 2.05) is 97.1 Å². The molecule has 0 unspecified atom stereocenters. The third kappa shape index (κ3) is 6.44. The summed E-state index contributed by atoms with van der Waals surface area (Å²) in [4.78, 5) is 27.9. The number of carbonyl (C=O) groups excluding carboxylic acids is 2. The van der Waals surface area contributed by atoms with Crippen LogP contribution < -0.4 is 0 Å². The molecule has 0 aliphatic heterocycles. The van der Waals surface area contributed by atoms with Crippen LogP contribution >= 0.6 is 0 Å². The zero-order chi connectivity index (χ0) is 32.9. The van der Waals surface area contributed by atoms with Crippen molar-refractivity contribution in [2.75, 3.05) is 14.2 Å². The van der Waals surface area contributed by atoms with Gasteiger partial charge in [0.2, 0.25) is 0 Å². The van der Waals surface area contributed by atoms with Crippen molar-refractivity contribution in [1.82, 2.24) is 0 Å². The molecule has 0 heterocycles. The lowest BCUT2D eigenvalue weighted by Crippen LogP contribution is -2.36. The lowest BCUT2D eigenvalue weighted by molar-refractivity contribution is -0.179. The van der Waals surface area contributed by atoms with Crippen molar-refractivity contribution in [3.05, 3.63) is 120 Å². The maximum absolute atomic E-state index is 14.0. The van der Waals surface area contributed by atoms with Crippen LogP contribution in [-0.4, -0.2) is 38.4 Å². The average Bonchev–Trinajstić information content (AvgIpc) is 3.10. The first-order valence-electron chi connectivity index (χ1n) is 16.2. The summed E-state index contributed by atoms with van der Waals surface area (Å²) >= 11 is 0. The van der Waals surface area contributed by atoms with Crippen LogP contribution in [0.1, 0.15) is 56.4 Å². The molecule has 0 N–H and O–H groups in total. The van der Waals surface area contributed by atoms with Crippen LogP contribution in [-0.2, 0) is 28.5 Å². The third-order valence-electron chi connectivity index (χ3n) is 8.99. The molecule has 0 aliphatic rings. The van der Waals surface area contributed by atoms with E-state index >= 15 is 0 Å². The number of esters is 2. The Kier molecular flexibility index (Phi) is 9.81. The highest BCUT2D eigenvalue weighted by molar-refractivity contribution is 6.06. The SMILES string of the molecule is CCCC[C@H](OC(=O)[C@@H](OC)c1c2ccccc2cc2ccccc12)[C@H](C)OC(=O)[C@@H](OC)c1c2ccccc2cc2ccccc12. The summed E-state index contributed by atoms with van der Waals surface area (Å²) in [5, 5.41) is 7.70. The first-order chi connectivity index (χ1) is 22.9. The number of hydrogen-bond donors (Lipinski definition) is 0. The molecular formula is C41H40O6. The van der Waals surface area contributed by atoms with E-state index in [-0.39, 0.29) is 0 Å². The first kappa shape index (κ1) is 32.2. The van der Waals surface area contributed by atoms with Gasteiger partial charge in [-0.1, -0.05) is 110 Å². The van der Waals surface area contributed by atoms with Crippen molar-refractivity contribution in [2.24, 2.45) is 0 Å². The van der Waals surface area contributed by atoms with Crippen molar-refractivity contribution in [3.8, 4) is 0 Å². The fourth-order valence-corrected chi connectivity index (χ4v) is 6.65. The van der Waals surface area contributed by atoms with Gasteiger partial charge in [0, 0.05) is 25.3 Å². The second-order valence-electron chi connectivity index (χ2n) is 12.0. The largest absolute Gasteiger partial charge is 0.457 e. The van der Waals surface area contributed by atoms with Gasteiger partial charge in [-0.05, 0) is 75.0 Å². The van der Waals surface area contributed by atoms with Crippen LogP contribution in [0.3, 0.4) is 0 Å². The van der Waals surface area contributed by atoms with E-state index < -0.39 is 36.4 Å². The molecule has 6 aromatic rings. The molecule has 47 heavy (non-hydrogen) atoms. The molecule has 0 aromatic heterocycles. The Morgan fingerprint density at radius 1 is 0.574 bits per heavy atom. The van der Waals surface area contributed by atoms with E-state index in [1.54, 1.807) is 6.92 Å². The Hall–Kier alpha value is -4.78. The van der Waals surface area contributed by atoms with Gasteiger partial charge in [0.05, 0.1) is 0 Å². The standard InChI is InChI=1S/C41H40O6/c1-5-6-23-35(47-41(43)39(45-4)37-33-21-13-9-17-29(33)25-30-18-10-14-22-34(30)37)26(2)46-40(42)38(44-3)36-31-19-11-7-15-27(31)24-28-16-8-12-20-32(28)36/h7-22,24-26,35,38-39H,5-6,23H2,1-4H3/t26-,35-,38-,39-/m0/s1. The van der Waals surface area contributed by atoms with Crippen LogP contribution in [0, 0.1) is 0 Å². The second kappa shape index (κ2) is 14.3. The summed E-state index contributed by atoms with van der Waals surface area (Å²) in [6.45, 7) is 3.84. The van der Waals surface area contributed by atoms with Crippen LogP contribution in [0.15, 0.2) is 109 Å². The number of benzene rings is 6. The second-order valence-corrected chi connectivity index (χ2v) is 12.0. The molecule has 6 rings (SSSR count). The molecule has 0 bridgehead atoms. The summed E-state index contributed by atoms with van der Waals surface area (Å²) in [7, 11) is 3.03. The van der Waals surface area contributed by atoms with Gasteiger partial charge in [-0.2, -0.15) is 0 Å². The normalized spacial score (nSPS) is 14.2. The van der Waals surface area contributed by atoms with E-state index in [2.05, 4.69) is 19.1 Å². The molecular weight excluding hydrogens is 588 g/mol. The summed E-state index contributed by atoms with van der Waals surface area (Å²) in [6.07, 6.45) is -1.18. The fourth-order valence-electron chi connectivity index (χ4n) is 6.65. The minimum Gasteiger partial charge on any atom is -0.457 e. The average molecular weight is 629 g/mol. The highest BCUT2D eigenvalue weighted by atomic mass is 16.6. The lowest BCUT2D eigenvalue weighted by atomic mass is 9.93. The molecule has 0 radical (unpaired) electrons. The zero-order valence-corrected chi connectivity index (χ0v) is 27.3. The molecule has 6 nitrogen and oxygen atoms in total. The number of rotatable bonds is 12. The van der Waals surface area contributed by atoms with E-state index in [0.29, 0.717) is 6.42 Å². The molecule has 0 fully saturated rings. The van der Waals surface area contributed by atoms with Crippen molar-refractivity contribution in [2.45, 2.75) is 57.5 Å². The summed E-state index contributed by atoms with van der Waals surface area (Å²) < 4.78 is 24.0. The molecule has 0 aliphatic carbocycles. The van der Waals surface area contributed by atoms with Gasteiger partial charge in [0.15, 0.2) is 12.2 Å². The van der Waals surface area contributed by atoms with Crippen molar-refractivity contribution < 1.29 is 28.5 Å². The Bertz CT molecular complexity index is 1940. The summed E-state index contributed by atoms with van der Waals surface area (Å²) in [6, 6.07) is 36.0. The number of hydrogen-bond acceptors (Lipinski definition) is 6. The topological polar surface area (TPSA) is 71.1 Å². The number of ether oxygens (including phenoxy) is 4. The number of carbonyl (C=O) groups is 2. The molecule has 0 amide bonds. The van der Waals surface area contributed by atoms with Crippen molar-refractivity contribution in [3.63, 3.8) is 0 Å². The van der Waals surface area contributed by atoms with Crippen molar-refractivity contribution >= 4 is 55.0 Å². The number of methoxy groups -OCH3 is 2. The minimum atomic E-state index is -0.982. The molecule has 0 saturated carbocycles. The fraction of sp³-hybridized carbons (Fsp3) is 0.268. The predicted octanol–water partition coefficient (Wildman–Crippen LogP) is 9.41. The Morgan fingerprint density at radius 2 is 0.936 bits per heavy atom. The lowest BCUT2D eigenvalue weighted by Gasteiger charge is -2.28. The Balaban J connectivity index is 1.30. The highest BCUT2D eigenvalue weighted by Crippen LogP contribution is 2.37. The molecule has 6 aromatic carbocycles. The van der Waals surface area contributed by atoms with Crippen LogP contribution in [0.2, 0.25) is 0 Å². The van der Waals surface area contributed by atoms with Crippen molar-refractivity contribution in [1.29, 1.82) is 0 Å². The molecule has 0 saturated heterocycles. The van der Waals surface area contributed by atoms with Crippen LogP contribution in [0.5, 0.6) is 0 Å². The number of unbranched alkanes of at least 4 members (excludes halogenated alkanes) is 1. The van der Waals surface area contributed by atoms with Gasteiger partial charge in [-0.3, -0.25) is 0 Å². The molecule has 6 heteroatoms. The van der Waals surface area contributed by atoms with Gasteiger partial charge >= 0.3 is 11.9 Å². The molecule has 0 spiro atoms. The van der Waals surface area contributed by atoms with Gasteiger partial charge in [-0.25, -0.2) is 9.59 Å². The zero-order valence-electron chi connectivity index (χ0n) is 27.3. The highest BCUT2D eigenvalue weighted by Gasteiger charge is 2.34. The van der Waals surface area contributed by atoms with E-state index in [1.165, 1.54) is 14.2 Å². The van der Waals surface area contributed by atoms with Gasteiger partial charge in [0.1, 0.15) is 12.2 Å². The first-order valence-corrected chi connectivity index (χ1v) is 16.2. The predicted molar refractivity (Wildman–Crippen MR) is 187 cm³/mol. The maximum atomic E-state index is 14.0. The Labute approximate surface area is 275 Å². The van der Waals surface area contributed by atoms with E-state index in [9.17, 15) is 9.59 Å². The van der Waals surface area contributed by atoms with Gasteiger partial charge < -0.3 is 18.9 Å². The molecule has 240 valence electrons. The smallest absolute Gasteiger partial charge is 0.340 e. The van der Waals surface area contributed by atoms with Gasteiger partial charge in [0.25, 0.3) is 0 Å². The minimum absolute atomic E-state index is 0.526. The number of fused-ring (bicyclic) bond motifs is 4. The molecule has 4 atom stereocenters. The van der Waals surface area contributed by atoms with Crippen LogP contribution in [0.25, 0.3) is 43.1 Å². The maximum Gasteiger partial charge on any atom is 0.340 e. The quantitative estimate of drug-likeness (QED) is 0.0993. The summed E-state index contributed by atoms with van der Waals surface area (Å²) in [5.74, 6) is -1.07.